The molecule has 6 heteroatoms. The molecule has 3 aromatic rings. The molecule has 1 heterocycles. The predicted octanol–water partition coefficient (Wildman–Crippen LogP) is 4.18. The maximum absolute atomic E-state index is 12.1. The Bertz CT molecular complexity index is 885. The van der Waals surface area contributed by atoms with Gasteiger partial charge in [-0.05, 0) is 43.3 Å². The van der Waals surface area contributed by atoms with Crippen LogP contribution in [-0.4, -0.2) is 18.5 Å². The van der Waals surface area contributed by atoms with Gasteiger partial charge in [-0.15, -0.1) is 0 Å². The molecule has 3 rings (SSSR count). The number of rotatable bonds is 6. The summed E-state index contributed by atoms with van der Waals surface area (Å²) in [5, 5.41) is 2.67. The molecule has 0 aliphatic rings. The van der Waals surface area contributed by atoms with Crippen LogP contribution in [-0.2, 0) is 9.53 Å². The van der Waals surface area contributed by atoms with Crippen LogP contribution in [0.2, 0.25) is 0 Å². The fourth-order valence-electron chi connectivity index (χ4n) is 2.18. The first-order chi connectivity index (χ1) is 12.6. The number of hydrogen-bond acceptors (Lipinski definition) is 5. The van der Waals surface area contributed by atoms with Gasteiger partial charge in [0.25, 0.3) is 5.91 Å². The topological polar surface area (TPSA) is 77.8 Å². The summed E-state index contributed by atoms with van der Waals surface area (Å²) in [5.41, 5.74) is 1.60. The summed E-state index contributed by atoms with van der Waals surface area (Å²) in [7, 11) is 0. The Hall–Kier alpha value is -3.54. The van der Waals surface area contributed by atoms with Crippen LogP contribution in [0.1, 0.15) is 16.1 Å². The summed E-state index contributed by atoms with van der Waals surface area (Å²) >= 11 is 0. The van der Waals surface area contributed by atoms with Crippen LogP contribution >= 0.6 is 0 Å². The minimum atomic E-state index is -0.700. The van der Waals surface area contributed by atoms with Gasteiger partial charge in [-0.1, -0.05) is 29.8 Å². The van der Waals surface area contributed by atoms with Crippen LogP contribution in [0.5, 0.6) is 11.5 Å². The SMILES string of the molecule is Cc1ccc(Oc2ccccc2NC(=O)COC(=O)c2ccco2)cc1. The molecular weight excluding hydrogens is 334 g/mol. The van der Waals surface area contributed by atoms with Crippen LogP contribution in [0.15, 0.2) is 71.3 Å². The second kappa shape index (κ2) is 8.02. The third kappa shape index (κ3) is 4.51. The minimum absolute atomic E-state index is 0.0425. The monoisotopic (exact) mass is 351 g/mol. The van der Waals surface area contributed by atoms with Gasteiger partial charge in [0.15, 0.2) is 12.4 Å². The Kier molecular flexibility index (Phi) is 5.34. The van der Waals surface area contributed by atoms with Crippen molar-refractivity contribution < 1.29 is 23.5 Å². The van der Waals surface area contributed by atoms with Crippen LogP contribution < -0.4 is 10.1 Å². The van der Waals surface area contributed by atoms with E-state index >= 15 is 0 Å². The molecular formula is C20H17NO5. The van der Waals surface area contributed by atoms with Gasteiger partial charge in [-0.25, -0.2) is 4.79 Å². The summed E-state index contributed by atoms with van der Waals surface area (Å²) in [6.07, 6.45) is 1.36. The molecule has 0 bridgehead atoms. The number of para-hydroxylation sites is 2. The summed E-state index contributed by atoms with van der Waals surface area (Å²) in [4.78, 5) is 23.7. The van der Waals surface area contributed by atoms with Crippen molar-refractivity contribution in [1.29, 1.82) is 0 Å². The van der Waals surface area contributed by atoms with Crippen LogP contribution in [0, 0.1) is 6.92 Å². The molecule has 6 nitrogen and oxygen atoms in total. The summed E-state index contributed by atoms with van der Waals surface area (Å²) < 4.78 is 15.6. The molecule has 0 aliphatic carbocycles. The molecule has 132 valence electrons. The van der Waals surface area contributed by atoms with E-state index in [-0.39, 0.29) is 5.76 Å². The number of carbonyl (C=O) groups is 2. The summed E-state index contributed by atoms with van der Waals surface area (Å²) in [5.74, 6) is 0.00344. The van der Waals surface area contributed by atoms with Gasteiger partial charge in [0.1, 0.15) is 5.75 Å². The zero-order chi connectivity index (χ0) is 18.4. The van der Waals surface area contributed by atoms with Crippen molar-refractivity contribution in [2.24, 2.45) is 0 Å². The van der Waals surface area contributed by atoms with Crippen LogP contribution in [0.25, 0.3) is 0 Å². The lowest BCUT2D eigenvalue weighted by atomic mass is 10.2. The van der Waals surface area contributed by atoms with Crippen LogP contribution in [0.4, 0.5) is 5.69 Å². The smallest absolute Gasteiger partial charge is 0.374 e. The normalized spacial score (nSPS) is 10.2. The van der Waals surface area contributed by atoms with E-state index in [9.17, 15) is 9.59 Å². The second-order valence-corrected chi connectivity index (χ2v) is 5.51. The largest absolute Gasteiger partial charge is 0.457 e. The maximum Gasteiger partial charge on any atom is 0.374 e. The van der Waals surface area contributed by atoms with Gasteiger partial charge in [0.2, 0.25) is 5.76 Å². The molecule has 0 saturated carbocycles. The molecule has 0 saturated heterocycles. The molecule has 0 radical (unpaired) electrons. The van der Waals surface area contributed by atoms with E-state index in [4.69, 9.17) is 13.9 Å². The second-order valence-electron chi connectivity index (χ2n) is 5.51. The zero-order valence-electron chi connectivity index (χ0n) is 14.1. The highest BCUT2D eigenvalue weighted by atomic mass is 16.5. The quantitative estimate of drug-likeness (QED) is 0.674. The van der Waals surface area contributed by atoms with Gasteiger partial charge in [-0.3, -0.25) is 4.79 Å². The highest BCUT2D eigenvalue weighted by molar-refractivity contribution is 5.95. The molecule has 1 aromatic heterocycles. The van der Waals surface area contributed by atoms with Crippen molar-refractivity contribution >= 4 is 17.6 Å². The average molecular weight is 351 g/mol. The number of nitrogens with one attached hydrogen (secondary N) is 1. The Balaban J connectivity index is 1.61. The first kappa shape index (κ1) is 17.3. The number of amides is 1. The van der Waals surface area contributed by atoms with E-state index < -0.39 is 18.5 Å². The van der Waals surface area contributed by atoms with Crippen molar-refractivity contribution in [3.63, 3.8) is 0 Å². The van der Waals surface area contributed by atoms with Gasteiger partial charge < -0.3 is 19.2 Å². The van der Waals surface area contributed by atoms with E-state index in [0.29, 0.717) is 17.2 Å². The number of esters is 1. The minimum Gasteiger partial charge on any atom is -0.457 e. The van der Waals surface area contributed by atoms with E-state index in [0.717, 1.165) is 5.56 Å². The van der Waals surface area contributed by atoms with Gasteiger partial charge in [-0.2, -0.15) is 0 Å². The number of hydrogen-bond donors (Lipinski definition) is 1. The highest BCUT2D eigenvalue weighted by Gasteiger charge is 2.14. The number of aryl methyl sites for hydroxylation is 1. The number of carbonyl (C=O) groups excluding carboxylic acids is 2. The molecule has 26 heavy (non-hydrogen) atoms. The number of benzene rings is 2. The van der Waals surface area contributed by atoms with E-state index in [2.05, 4.69) is 5.32 Å². The van der Waals surface area contributed by atoms with Crippen molar-refractivity contribution in [1.82, 2.24) is 0 Å². The first-order valence-electron chi connectivity index (χ1n) is 7.96. The molecule has 0 unspecified atom stereocenters. The lowest BCUT2D eigenvalue weighted by molar-refractivity contribution is -0.119. The lowest BCUT2D eigenvalue weighted by Gasteiger charge is -2.12. The number of anilines is 1. The molecule has 0 atom stereocenters. The highest BCUT2D eigenvalue weighted by Crippen LogP contribution is 2.29. The Morgan fingerprint density at radius 2 is 1.77 bits per heavy atom. The van der Waals surface area contributed by atoms with Gasteiger partial charge in [0.05, 0.1) is 12.0 Å². The maximum atomic E-state index is 12.1. The Labute approximate surface area is 150 Å². The molecule has 0 aliphatic heterocycles. The van der Waals surface area contributed by atoms with E-state index in [1.807, 2.05) is 31.2 Å². The fourth-order valence-corrected chi connectivity index (χ4v) is 2.18. The fraction of sp³-hybridized carbons (Fsp3) is 0.100. The summed E-state index contributed by atoms with van der Waals surface area (Å²) in [6, 6.07) is 17.6. The molecule has 0 fully saturated rings. The van der Waals surface area contributed by atoms with Crippen molar-refractivity contribution in [2.75, 3.05) is 11.9 Å². The standard InChI is InChI=1S/C20H17NO5/c1-14-8-10-15(11-9-14)26-17-6-3-2-5-16(17)21-19(22)13-25-20(23)18-7-4-12-24-18/h2-12H,13H2,1H3,(H,21,22). The first-order valence-corrected chi connectivity index (χ1v) is 7.96. The predicted molar refractivity (Wildman–Crippen MR) is 95.3 cm³/mol. The van der Waals surface area contributed by atoms with Crippen LogP contribution in [0.3, 0.4) is 0 Å². The molecule has 1 amide bonds. The molecule has 2 aromatic carbocycles. The third-order valence-corrected chi connectivity index (χ3v) is 3.47. The van der Waals surface area contributed by atoms with Crippen molar-refractivity contribution in [3.05, 3.63) is 78.3 Å². The van der Waals surface area contributed by atoms with Gasteiger partial charge in [0, 0.05) is 0 Å². The number of furan rings is 1. The molecule has 1 N–H and O–H groups in total. The van der Waals surface area contributed by atoms with Crippen molar-refractivity contribution in [2.45, 2.75) is 6.92 Å². The Morgan fingerprint density at radius 3 is 2.50 bits per heavy atom. The zero-order valence-corrected chi connectivity index (χ0v) is 14.1. The lowest BCUT2D eigenvalue weighted by Crippen LogP contribution is -2.21. The van der Waals surface area contributed by atoms with E-state index in [1.165, 1.54) is 12.3 Å². The van der Waals surface area contributed by atoms with E-state index in [1.54, 1.807) is 30.3 Å². The number of ether oxygens (including phenoxy) is 2. The summed E-state index contributed by atoms with van der Waals surface area (Å²) in [6.45, 7) is 1.56. The third-order valence-electron chi connectivity index (χ3n) is 3.47. The van der Waals surface area contributed by atoms with Crippen molar-refractivity contribution in [3.8, 4) is 11.5 Å². The Morgan fingerprint density at radius 1 is 1.00 bits per heavy atom. The average Bonchev–Trinajstić information content (AvgIpc) is 3.18. The van der Waals surface area contributed by atoms with Gasteiger partial charge >= 0.3 is 5.97 Å². The molecule has 0 spiro atoms.